The lowest BCUT2D eigenvalue weighted by molar-refractivity contribution is -0.117. The third-order valence-electron chi connectivity index (χ3n) is 3.85. The highest BCUT2D eigenvalue weighted by molar-refractivity contribution is 7.89. The first-order valence-corrected chi connectivity index (χ1v) is 10.0. The van der Waals surface area contributed by atoms with E-state index in [0.717, 1.165) is 5.56 Å². The first-order valence-electron chi connectivity index (χ1n) is 7.67. The summed E-state index contributed by atoms with van der Waals surface area (Å²) in [6.45, 7) is 1.95. The maximum Gasteiger partial charge on any atom is 0.238 e. The van der Waals surface area contributed by atoms with Crippen molar-refractivity contribution in [2.24, 2.45) is 5.14 Å². The first kappa shape index (κ1) is 17.5. The van der Waals surface area contributed by atoms with Gasteiger partial charge in [0.05, 0.1) is 21.0 Å². The number of primary sulfonamides is 1. The SMILES string of the molecule is CCC(C(=O)Nc1nc2ccc(S(N)(=O)=O)cc2s1)c1ccccc1. The van der Waals surface area contributed by atoms with Crippen molar-refractivity contribution >= 4 is 42.6 Å². The van der Waals surface area contributed by atoms with Crippen molar-refractivity contribution in [3.05, 3.63) is 54.1 Å². The summed E-state index contributed by atoms with van der Waals surface area (Å²) in [5.74, 6) is -0.410. The minimum atomic E-state index is -3.77. The fourth-order valence-electron chi connectivity index (χ4n) is 2.59. The van der Waals surface area contributed by atoms with Crippen LogP contribution in [0.15, 0.2) is 53.4 Å². The number of amides is 1. The topological polar surface area (TPSA) is 102 Å². The van der Waals surface area contributed by atoms with E-state index in [2.05, 4.69) is 10.3 Å². The van der Waals surface area contributed by atoms with Gasteiger partial charge in [-0.15, -0.1) is 0 Å². The van der Waals surface area contributed by atoms with Crippen LogP contribution in [0.4, 0.5) is 5.13 Å². The molecule has 1 atom stereocenters. The number of aromatic nitrogens is 1. The zero-order chi connectivity index (χ0) is 18.0. The quantitative estimate of drug-likeness (QED) is 0.715. The molecule has 3 N–H and O–H groups in total. The number of anilines is 1. The molecule has 1 amide bonds. The molecule has 25 heavy (non-hydrogen) atoms. The van der Waals surface area contributed by atoms with E-state index < -0.39 is 10.0 Å². The number of sulfonamides is 1. The van der Waals surface area contributed by atoms with E-state index in [0.29, 0.717) is 21.8 Å². The highest BCUT2D eigenvalue weighted by Crippen LogP contribution is 2.29. The summed E-state index contributed by atoms with van der Waals surface area (Å²) < 4.78 is 23.5. The van der Waals surface area contributed by atoms with Gasteiger partial charge >= 0.3 is 0 Å². The van der Waals surface area contributed by atoms with Crippen molar-refractivity contribution in [2.45, 2.75) is 24.2 Å². The molecule has 0 radical (unpaired) electrons. The highest BCUT2D eigenvalue weighted by Gasteiger charge is 2.20. The van der Waals surface area contributed by atoms with E-state index in [1.165, 1.54) is 23.5 Å². The third kappa shape index (κ3) is 3.87. The Morgan fingerprint density at radius 1 is 1.24 bits per heavy atom. The number of nitrogens with zero attached hydrogens (tertiary/aromatic N) is 1. The van der Waals surface area contributed by atoms with Gasteiger partial charge in [-0.25, -0.2) is 18.5 Å². The molecule has 3 rings (SSSR count). The van der Waals surface area contributed by atoms with Crippen LogP contribution in [0.2, 0.25) is 0 Å². The highest BCUT2D eigenvalue weighted by atomic mass is 32.2. The lowest BCUT2D eigenvalue weighted by atomic mass is 9.96. The van der Waals surface area contributed by atoms with E-state index in [4.69, 9.17) is 5.14 Å². The summed E-state index contributed by atoms with van der Waals surface area (Å²) in [5.41, 5.74) is 1.56. The van der Waals surface area contributed by atoms with Gasteiger partial charge < -0.3 is 5.32 Å². The maximum atomic E-state index is 12.6. The van der Waals surface area contributed by atoms with Crippen molar-refractivity contribution in [3.8, 4) is 0 Å². The Kier molecular flexibility index (Phi) is 4.85. The van der Waals surface area contributed by atoms with Crippen LogP contribution in [0, 0.1) is 0 Å². The van der Waals surface area contributed by atoms with Gasteiger partial charge in [-0.05, 0) is 30.2 Å². The van der Waals surface area contributed by atoms with Crippen molar-refractivity contribution < 1.29 is 13.2 Å². The Morgan fingerprint density at radius 3 is 2.60 bits per heavy atom. The largest absolute Gasteiger partial charge is 0.301 e. The molecule has 0 bridgehead atoms. The molecule has 0 saturated carbocycles. The molecule has 0 aliphatic carbocycles. The number of fused-ring (bicyclic) bond motifs is 1. The molecule has 1 unspecified atom stereocenters. The second-order valence-electron chi connectivity index (χ2n) is 5.55. The number of carbonyl (C=O) groups excluding carboxylic acids is 1. The molecular weight excluding hydrogens is 358 g/mol. The van der Waals surface area contributed by atoms with Gasteiger partial charge in [0.15, 0.2) is 5.13 Å². The van der Waals surface area contributed by atoms with Crippen LogP contribution in [-0.4, -0.2) is 19.3 Å². The number of hydrogen-bond donors (Lipinski definition) is 2. The number of nitrogens with two attached hydrogens (primary N) is 1. The summed E-state index contributed by atoms with van der Waals surface area (Å²) in [5, 5.41) is 8.40. The number of hydrogen-bond acceptors (Lipinski definition) is 5. The van der Waals surface area contributed by atoms with Gasteiger partial charge in [-0.2, -0.15) is 0 Å². The smallest absolute Gasteiger partial charge is 0.238 e. The van der Waals surface area contributed by atoms with Gasteiger partial charge in [0.1, 0.15) is 0 Å². The first-order chi connectivity index (χ1) is 11.9. The molecule has 3 aromatic rings. The second kappa shape index (κ2) is 6.91. The molecule has 6 nitrogen and oxygen atoms in total. The van der Waals surface area contributed by atoms with Crippen LogP contribution in [0.25, 0.3) is 10.2 Å². The number of nitrogens with one attached hydrogen (secondary N) is 1. The molecule has 1 aromatic heterocycles. The van der Waals surface area contributed by atoms with E-state index in [9.17, 15) is 13.2 Å². The second-order valence-corrected chi connectivity index (χ2v) is 8.15. The monoisotopic (exact) mass is 375 g/mol. The van der Waals surface area contributed by atoms with Crippen molar-refractivity contribution in [1.82, 2.24) is 4.98 Å². The Labute approximate surface area is 149 Å². The van der Waals surface area contributed by atoms with E-state index in [-0.39, 0.29) is 16.7 Å². The normalized spacial score (nSPS) is 12.9. The summed E-state index contributed by atoms with van der Waals surface area (Å²) >= 11 is 1.22. The average molecular weight is 375 g/mol. The van der Waals surface area contributed by atoms with Gasteiger partial charge in [-0.1, -0.05) is 48.6 Å². The van der Waals surface area contributed by atoms with E-state index in [1.807, 2.05) is 37.3 Å². The van der Waals surface area contributed by atoms with E-state index >= 15 is 0 Å². The summed E-state index contributed by atoms with van der Waals surface area (Å²) in [6, 6.07) is 14.0. The minimum absolute atomic E-state index is 0.0252. The molecule has 0 aliphatic rings. The predicted octanol–water partition coefficient (Wildman–Crippen LogP) is 3.08. The Morgan fingerprint density at radius 2 is 1.96 bits per heavy atom. The van der Waals surface area contributed by atoms with Crippen LogP contribution < -0.4 is 10.5 Å². The number of thiazole rings is 1. The van der Waals surface area contributed by atoms with Gasteiger partial charge in [-0.3, -0.25) is 4.79 Å². The fraction of sp³-hybridized carbons (Fsp3) is 0.176. The Bertz CT molecular complexity index is 1010. The predicted molar refractivity (Wildman–Crippen MR) is 99.1 cm³/mol. The molecular formula is C17H17N3O3S2. The van der Waals surface area contributed by atoms with Crippen molar-refractivity contribution in [2.75, 3.05) is 5.32 Å². The molecule has 0 fully saturated rings. The van der Waals surface area contributed by atoms with Crippen molar-refractivity contribution in [1.29, 1.82) is 0 Å². The van der Waals surface area contributed by atoms with Gasteiger partial charge in [0, 0.05) is 0 Å². The van der Waals surface area contributed by atoms with Crippen LogP contribution in [0.3, 0.4) is 0 Å². The minimum Gasteiger partial charge on any atom is -0.301 e. The third-order valence-corrected chi connectivity index (χ3v) is 5.69. The summed E-state index contributed by atoms with van der Waals surface area (Å²) in [7, 11) is -3.77. The van der Waals surface area contributed by atoms with Gasteiger partial charge in [0.2, 0.25) is 15.9 Å². The molecule has 0 aliphatic heterocycles. The van der Waals surface area contributed by atoms with Gasteiger partial charge in [0.25, 0.3) is 0 Å². The molecule has 130 valence electrons. The summed E-state index contributed by atoms with van der Waals surface area (Å²) in [4.78, 5) is 16.9. The molecule has 8 heteroatoms. The van der Waals surface area contributed by atoms with E-state index in [1.54, 1.807) is 6.07 Å². The lowest BCUT2D eigenvalue weighted by Gasteiger charge is -2.13. The lowest BCUT2D eigenvalue weighted by Crippen LogP contribution is -2.20. The van der Waals surface area contributed by atoms with Crippen LogP contribution in [0.5, 0.6) is 0 Å². The standard InChI is InChI=1S/C17H17N3O3S2/c1-2-13(11-6-4-3-5-7-11)16(21)20-17-19-14-9-8-12(25(18,22)23)10-15(14)24-17/h3-10,13H,2H2,1H3,(H2,18,22,23)(H,19,20,21). The number of carbonyl (C=O) groups is 1. The fourth-order valence-corrected chi connectivity index (χ4v) is 4.11. The zero-order valence-electron chi connectivity index (χ0n) is 13.5. The number of rotatable bonds is 5. The average Bonchev–Trinajstić information content (AvgIpc) is 2.97. The Hall–Kier alpha value is -2.29. The van der Waals surface area contributed by atoms with Crippen molar-refractivity contribution in [3.63, 3.8) is 0 Å². The molecule has 1 heterocycles. The van der Waals surface area contributed by atoms with Crippen LogP contribution in [-0.2, 0) is 14.8 Å². The van der Waals surface area contributed by atoms with Crippen LogP contribution in [0.1, 0.15) is 24.8 Å². The zero-order valence-corrected chi connectivity index (χ0v) is 15.1. The van der Waals surface area contributed by atoms with Crippen LogP contribution >= 0.6 is 11.3 Å². The molecule has 0 saturated heterocycles. The molecule has 2 aromatic carbocycles. The number of benzene rings is 2. The summed E-state index contributed by atoms with van der Waals surface area (Å²) in [6.07, 6.45) is 0.663. The maximum absolute atomic E-state index is 12.6. The Balaban J connectivity index is 1.86. The molecule has 0 spiro atoms.